The molecule has 0 amide bonds. The van der Waals surface area contributed by atoms with Crippen LogP contribution in [0, 0.1) is 5.82 Å². The molecule has 1 saturated heterocycles. The van der Waals surface area contributed by atoms with Crippen molar-refractivity contribution in [2.24, 2.45) is 0 Å². The summed E-state index contributed by atoms with van der Waals surface area (Å²) in [6.07, 6.45) is 1.51. The molecule has 1 aromatic carbocycles. The highest BCUT2D eigenvalue weighted by atomic mass is 19.1. The summed E-state index contributed by atoms with van der Waals surface area (Å²) < 4.78 is 20.4. The van der Waals surface area contributed by atoms with Crippen LogP contribution in [-0.4, -0.2) is 94.2 Å². The molecular formula is C20H26FN3O6. The van der Waals surface area contributed by atoms with Crippen LogP contribution in [0.5, 0.6) is 0 Å². The van der Waals surface area contributed by atoms with Gasteiger partial charge in [0.1, 0.15) is 18.4 Å². The van der Waals surface area contributed by atoms with Crippen molar-refractivity contribution >= 4 is 22.8 Å². The largest absolute Gasteiger partial charge is 0.480 e. The summed E-state index contributed by atoms with van der Waals surface area (Å²) in [5.41, 5.74) is 0.816. The Balaban J connectivity index is 1.80. The van der Waals surface area contributed by atoms with Gasteiger partial charge in [0.2, 0.25) is 0 Å². The number of aromatic nitrogens is 1. The molecule has 30 heavy (non-hydrogen) atoms. The Morgan fingerprint density at radius 2 is 1.87 bits per heavy atom. The van der Waals surface area contributed by atoms with Gasteiger partial charge < -0.3 is 24.6 Å². The molecule has 1 aliphatic rings. The lowest BCUT2D eigenvalue weighted by Gasteiger charge is -2.37. The average molecular weight is 423 g/mol. The summed E-state index contributed by atoms with van der Waals surface area (Å²) in [7, 11) is 0. The molecule has 0 unspecified atom stereocenters. The zero-order valence-corrected chi connectivity index (χ0v) is 16.5. The molecule has 3 N–H and O–H groups in total. The number of aliphatic hydroxyl groups excluding tert-OH is 1. The van der Waals surface area contributed by atoms with E-state index in [0.29, 0.717) is 62.4 Å². The Hall–Kier alpha value is -2.53. The van der Waals surface area contributed by atoms with Crippen LogP contribution in [0.15, 0.2) is 24.4 Å². The van der Waals surface area contributed by atoms with E-state index >= 15 is 0 Å². The SMILES string of the molecule is O=C(O)Cn1cc([C@H](C(=O)O)N2CCN(CCOCCO)CC2)c2ccc(F)cc21. The lowest BCUT2D eigenvalue weighted by atomic mass is 10.0. The highest BCUT2D eigenvalue weighted by molar-refractivity contribution is 5.90. The van der Waals surface area contributed by atoms with Gasteiger partial charge in [-0.1, -0.05) is 0 Å². The van der Waals surface area contributed by atoms with Gasteiger partial charge in [0.15, 0.2) is 0 Å². The third kappa shape index (κ3) is 5.14. The zero-order valence-electron chi connectivity index (χ0n) is 16.5. The van der Waals surface area contributed by atoms with Gasteiger partial charge in [0.25, 0.3) is 0 Å². The third-order valence-corrected chi connectivity index (χ3v) is 5.27. The smallest absolute Gasteiger partial charge is 0.325 e. The van der Waals surface area contributed by atoms with Gasteiger partial charge in [0, 0.05) is 49.9 Å². The van der Waals surface area contributed by atoms with Crippen molar-refractivity contribution in [3.8, 4) is 0 Å². The van der Waals surface area contributed by atoms with Gasteiger partial charge in [-0.05, 0) is 18.2 Å². The monoisotopic (exact) mass is 423 g/mol. The lowest BCUT2D eigenvalue weighted by Crippen LogP contribution is -2.49. The predicted molar refractivity (Wildman–Crippen MR) is 106 cm³/mol. The number of ether oxygens (including phenoxy) is 1. The molecule has 0 spiro atoms. The second-order valence-corrected chi connectivity index (χ2v) is 7.22. The summed E-state index contributed by atoms with van der Waals surface area (Å²) in [5, 5.41) is 28.4. The van der Waals surface area contributed by atoms with Crippen molar-refractivity contribution in [3.05, 3.63) is 35.8 Å². The molecule has 0 saturated carbocycles. The number of benzene rings is 1. The molecular weight excluding hydrogens is 397 g/mol. The normalized spacial score (nSPS) is 16.7. The molecule has 0 aliphatic carbocycles. The first-order chi connectivity index (χ1) is 14.4. The number of carbonyl (C=O) groups is 2. The fourth-order valence-electron chi connectivity index (χ4n) is 3.88. The molecule has 0 bridgehead atoms. The summed E-state index contributed by atoms with van der Waals surface area (Å²) in [6, 6.07) is 3.02. The number of carboxylic acids is 2. The number of hydrogen-bond donors (Lipinski definition) is 3. The van der Waals surface area contributed by atoms with E-state index in [1.165, 1.54) is 29.0 Å². The maximum atomic E-state index is 13.8. The van der Waals surface area contributed by atoms with Crippen LogP contribution >= 0.6 is 0 Å². The number of fused-ring (bicyclic) bond motifs is 1. The standard InChI is InChI=1S/C20H26FN3O6/c21-14-1-2-15-16(12-24(13-18(26)27)17(15)11-14)19(20(28)29)23-5-3-22(4-6-23)7-9-30-10-8-25/h1-2,11-12,19,25H,3-10,13H2,(H,26,27)(H,28,29)/t19-/m1/s1. The van der Waals surface area contributed by atoms with Crippen LogP contribution in [0.25, 0.3) is 10.9 Å². The first-order valence-corrected chi connectivity index (χ1v) is 9.78. The maximum Gasteiger partial charge on any atom is 0.325 e. The van der Waals surface area contributed by atoms with Crippen LogP contribution < -0.4 is 0 Å². The number of carboxylic acid groups (broad SMARTS) is 2. The van der Waals surface area contributed by atoms with Gasteiger partial charge in [-0.15, -0.1) is 0 Å². The van der Waals surface area contributed by atoms with E-state index < -0.39 is 23.8 Å². The van der Waals surface area contributed by atoms with E-state index in [1.807, 2.05) is 4.90 Å². The van der Waals surface area contributed by atoms with E-state index in [-0.39, 0.29) is 13.2 Å². The Kier molecular flexibility index (Phi) is 7.38. The third-order valence-electron chi connectivity index (χ3n) is 5.27. The Morgan fingerprint density at radius 3 is 2.50 bits per heavy atom. The number of hydrogen-bond acceptors (Lipinski definition) is 6. The Bertz CT molecular complexity index is 894. The van der Waals surface area contributed by atoms with Crippen LogP contribution in [-0.2, 0) is 20.9 Å². The highest BCUT2D eigenvalue weighted by Crippen LogP contribution is 2.32. The van der Waals surface area contributed by atoms with E-state index in [9.17, 15) is 19.1 Å². The lowest BCUT2D eigenvalue weighted by molar-refractivity contribution is -0.144. The Labute approximate surface area is 172 Å². The summed E-state index contributed by atoms with van der Waals surface area (Å²) >= 11 is 0. The molecule has 9 nitrogen and oxygen atoms in total. The quantitative estimate of drug-likeness (QED) is 0.477. The van der Waals surface area contributed by atoms with Crippen LogP contribution in [0.3, 0.4) is 0 Å². The molecule has 0 radical (unpaired) electrons. The van der Waals surface area contributed by atoms with Crippen molar-refractivity contribution in [2.45, 2.75) is 12.6 Å². The fourth-order valence-corrected chi connectivity index (χ4v) is 3.88. The van der Waals surface area contributed by atoms with Gasteiger partial charge in [-0.25, -0.2) is 4.39 Å². The van der Waals surface area contributed by atoms with Gasteiger partial charge in [-0.2, -0.15) is 0 Å². The molecule has 1 aliphatic heterocycles. The molecule has 1 aromatic heterocycles. The van der Waals surface area contributed by atoms with Crippen molar-refractivity contribution in [3.63, 3.8) is 0 Å². The summed E-state index contributed by atoms with van der Waals surface area (Å²) in [6.45, 7) is 3.44. The molecule has 3 rings (SSSR count). The number of halogens is 1. The number of nitrogens with zero attached hydrogens (tertiary/aromatic N) is 3. The minimum atomic E-state index is -1.09. The predicted octanol–water partition coefficient (Wildman–Crippen LogP) is 0.617. The Morgan fingerprint density at radius 1 is 1.13 bits per heavy atom. The minimum Gasteiger partial charge on any atom is -0.480 e. The van der Waals surface area contributed by atoms with Crippen LogP contribution in [0.2, 0.25) is 0 Å². The van der Waals surface area contributed by atoms with E-state index in [4.69, 9.17) is 14.9 Å². The first-order valence-electron chi connectivity index (χ1n) is 9.78. The van der Waals surface area contributed by atoms with E-state index in [1.54, 1.807) is 0 Å². The van der Waals surface area contributed by atoms with Gasteiger partial charge >= 0.3 is 11.9 Å². The molecule has 2 heterocycles. The molecule has 1 atom stereocenters. The van der Waals surface area contributed by atoms with Crippen molar-refractivity contribution in [1.29, 1.82) is 0 Å². The highest BCUT2D eigenvalue weighted by Gasteiger charge is 2.33. The van der Waals surface area contributed by atoms with Crippen molar-refractivity contribution in [2.75, 3.05) is 52.5 Å². The summed E-state index contributed by atoms with van der Waals surface area (Å²) in [4.78, 5) is 27.4. The second-order valence-electron chi connectivity index (χ2n) is 7.22. The molecule has 10 heteroatoms. The van der Waals surface area contributed by atoms with Gasteiger partial charge in [0.05, 0.1) is 25.3 Å². The molecule has 164 valence electrons. The maximum absolute atomic E-state index is 13.8. The first kappa shape index (κ1) is 22.2. The van der Waals surface area contributed by atoms with Crippen LogP contribution in [0.4, 0.5) is 4.39 Å². The van der Waals surface area contributed by atoms with Gasteiger partial charge in [-0.3, -0.25) is 19.4 Å². The number of piperazine rings is 1. The van der Waals surface area contributed by atoms with E-state index in [2.05, 4.69) is 4.90 Å². The average Bonchev–Trinajstić information content (AvgIpc) is 3.03. The van der Waals surface area contributed by atoms with Crippen molar-refractivity contribution in [1.82, 2.24) is 14.4 Å². The second kappa shape index (κ2) is 9.98. The number of aliphatic hydroxyl groups is 1. The topological polar surface area (TPSA) is 115 Å². The zero-order chi connectivity index (χ0) is 21.7. The fraction of sp³-hybridized carbons (Fsp3) is 0.500. The van der Waals surface area contributed by atoms with E-state index in [0.717, 1.165) is 0 Å². The minimum absolute atomic E-state index is 0.0204. The molecule has 1 fully saturated rings. The van der Waals surface area contributed by atoms with Crippen molar-refractivity contribution < 1.29 is 34.0 Å². The molecule has 2 aromatic rings. The summed E-state index contributed by atoms with van der Waals surface area (Å²) in [5.74, 6) is -2.64. The number of aliphatic carboxylic acids is 2. The number of rotatable bonds is 10. The van der Waals surface area contributed by atoms with Crippen LogP contribution in [0.1, 0.15) is 11.6 Å².